The predicted molar refractivity (Wildman–Crippen MR) is 124 cm³/mol. The van der Waals surface area contributed by atoms with E-state index < -0.39 is 17.6 Å². The van der Waals surface area contributed by atoms with E-state index in [2.05, 4.69) is 36.6 Å². The van der Waals surface area contributed by atoms with E-state index in [1.54, 1.807) is 4.57 Å². The fourth-order valence-electron chi connectivity index (χ4n) is 3.92. The summed E-state index contributed by atoms with van der Waals surface area (Å²) in [6, 6.07) is 2.70. The second-order valence-corrected chi connectivity index (χ2v) is 8.73. The SMILES string of the molecule is CCc1c(N2CCNCC2)c(=O)n2nc(Br)nc2n1CC(=O)Nc1ccc(C(F)(F)F)cc1Cl. The van der Waals surface area contributed by atoms with Crippen LogP contribution in [0.3, 0.4) is 0 Å². The van der Waals surface area contributed by atoms with Gasteiger partial charge in [-0.15, -0.1) is 5.10 Å². The number of carbonyl (C=O) groups excluding carboxylic acids is 1. The lowest BCUT2D eigenvalue weighted by molar-refractivity contribution is -0.137. The predicted octanol–water partition coefficient (Wildman–Crippen LogP) is 2.94. The van der Waals surface area contributed by atoms with Gasteiger partial charge < -0.3 is 20.1 Å². The van der Waals surface area contributed by atoms with Gasteiger partial charge in [0.05, 0.1) is 22.0 Å². The van der Waals surface area contributed by atoms with Gasteiger partial charge >= 0.3 is 6.18 Å². The van der Waals surface area contributed by atoms with E-state index in [1.165, 1.54) is 0 Å². The Hall–Kier alpha value is -2.64. The largest absolute Gasteiger partial charge is 0.416 e. The molecule has 182 valence electrons. The number of hydrogen-bond acceptors (Lipinski definition) is 6. The number of hydrogen-bond donors (Lipinski definition) is 2. The Balaban J connectivity index is 1.72. The first-order valence-corrected chi connectivity index (χ1v) is 11.6. The molecule has 3 aromatic rings. The molecule has 2 N–H and O–H groups in total. The molecule has 34 heavy (non-hydrogen) atoms. The summed E-state index contributed by atoms with van der Waals surface area (Å²) in [5.41, 5.74) is -0.170. The highest BCUT2D eigenvalue weighted by Crippen LogP contribution is 2.33. The fraction of sp³-hybridized carbons (Fsp3) is 0.400. The molecule has 2 aromatic heterocycles. The zero-order chi connectivity index (χ0) is 24.6. The summed E-state index contributed by atoms with van der Waals surface area (Å²) in [7, 11) is 0. The molecule has 14 heteroatoms. The van der Waals surface area contributed by atoms with Crippen LogP contribution in [0.1, 0.15) is 18.2 Å². The Morgan fingerprint density at radius 1 is 1.29 bits per heavy atom. The third-order valence-electron chi connectivity index (χ3n) is 5.44. The van der Waals surface area contributed by atoms with Crippen LogP contribution in [0.15, 0.2) is 27.7 Å². The summed E-state index contributed by atoms with van der Waals surface area (Å²) in [4.78, 5) is 32.4. The number of alkyl halides is 3. The van der Waals surface area contributed by atoms with Gasteiger partial charge in [0.25, 0.3) is 5.56 Å². The zero-order valence-corrected chi connectivity index (χ0v) is 20.3. The van der Waals surface area contributed by atoms with Gasteiger partial charge in [0.2, 0.25) is 16.4 Å². The Morgan fingerprint density at radius 2 is 2.00 bits per heavy atom. The third kappa shape index (κ3) is 4.77. The Morgan fingerprint density at radius 3 is 2.62 bits per heavy atom. The maximum Gasteiger partial charge on any atom is 0.416 e. The van der Waals surface area contributed by atoms with E-state index in [0.717, 1.165) is 22.7 Å². The molecule has 1 aliphatic heterocycles. The van der Waals surface area contributed by atoms with Crippen molar-refractivity contribution in [2.24, 2.45) is 0 Å². The molecule has 0 bridgehead atoms. The molecule has 0 saturated carbocycles. The lowest BCUT2D eigenvalue weighted by atomic mass is 10.2. The molecule has 9 nitrogen and oxygen atoms in total. The maximum absolute atomic E-state index is 13.3. The summed E-state index contributed by atoms with van der Waals surface area (Å²) in [6.45, 7) is 4.23. The number of amides is 1. The highest BCUT2D eigenvalue weighted by Gasteiger charge is 2.31. The molecular formula is C20H20BrClF3N7O2. The van der Waals surface area contributed by atoms with Crippen LogP contribution < -0.4 is 21.1 Å². The van der Waals surface area contributed by atoms with Crippen LogP contribution in [0.2, 0.25) is 5.02 Å². The van der Waals surface area contributed by atoms with Crippen LogP contribution in [-0.2, 0) is 23.9 Å². The lowest BCUT2D eigenvalue weighted by Gasteiger charge is -2.31. The number of rotatable bonds is 5. The van der Waals surface area contributed by atoms with E-state index in [9.17, 15) is 22.8 Å². The van der Waals surface area contributed by atoms with Crippen molar-refractivity contribution in [3.05, 3.63) is 49.6 Å². The fourth-order valence-corrected chi connectivity index (χ4v) is 4.46. The molecule has 0 radical (unpaired) electrons. The molecule has 0 spiro atoms. The summed E-state index contributed by atoms with van der Waals surface area (Å²) < 4.78 is 41.6. The minimum Gasteiger partial charge on any atom is -0.363 e. The zero-order valence-electron chi connectivity index (χ0n) is 17.9. The highest BCUT2D eigenvalue weighted by molar-refractivity contribution is 9.10. The van der Waals surface area contributed by atoms with E-state index in [1.807, 2.05) is 11.8 Å². The number of anilines is 2. The van der Waals surface area contributed by atoms with E-state index in [-0.39, 0.29) is 33.3 Å². The summed E-state index contributed by atoms with van der Waals surface area (Å²) in [5, 5.41) is 9.67. The molecule has 0 aliphatic carbocycles. The van der Waals surface area contributed by atoms with Crippen LogP contribution in [-0.4, -0.2) is 51.3 Å². The number of piperazine rings is 1. The second-order valence-electron chi connectivity index (χ2n) is 7.61. The molecule has 1 aromatic carbocycles. The first-order chi connectivity index (χ1) is 16.1. The summed E-state index contributed by atoms with van der Waals surface area (Å²) in [6.07, 6.45) is -4.12. The molecule has 4 rings (SSSR count). The van der Waals surface area contributed by atoms with Crippen LogP contribution in [0.5, 0.6) is 0 Å². The molecule has 0 atom stereocenters. The van der Waals surface area contributed by atoms with Crippen molar-refractivity contribution in [2.75, 3.05) is 36.4 Å². The van der Waals surface area contributed by atoms with E-state index in [0.29, 0.717) is 44.0 Å². The first-order valence-electron chi connectivity index (χ1n) is 10.4. The van der Waals surface area contributed by atoms with Gasteiger partial charge in [-0.2, -0.15) is 22.7 Å². The van der Waals surface area contributed by atoms with Crippen LogP contribution >= 0.6 is 27.5 Å². The lowest BCUT2D eigenvalue weighted by Crippen LogP contribution is -2.47. The van der Waals surface area contributed by atoms with E-state index in [4.69, 9.17) is 11.6 Å². The van der Waals surface area contributed by atoms with Crippen LogP contribution in [0, 0.1) is 0 Å². The average Bonchev–Trinajstić information content (AvgIpc) is 3.18. The van der Waals surface area contributed by atoms with Crippen LogP contribution in [0.4, 0.5) is 24.5 Å². The minimum absolute atomic E-state index is 0.0414. The minimum atomic E-state index is -4.55. The average molecular weight is 563 g/mol. The monoisotopic (exact) mass is 561 g/mol. The van der Waals surface area contributed by atoms with Gasteiger partial charge in [-0.05, 0) is 40.5 Å². The van der Waals surface area contributed by atoms with Gasteiger partial charge in [0, 0.05) is 26.2 Å². The van der Waals surface area contributed by atoms with Crippen molar-refractivity contribution < 1.29 is 18.0 Å². The molecule has 0 unspecified atom stereocenters. The molecule has 3 heterocycles. The molecule has 1 aliphatic rings. The summed E-state index contributed by atoms with van der Waals surface area (Å²) >= 11 is 9.16. The number of halogens is 5. The Kier molecular flexibility index (Phi) is 6.87. The smallest absolute Gasteiger partial charge is 0.363 e. The number of aromatic nitrogens is 4. The van der Waals surface area contributed by atoms with Gasteiger partial charge in [-0.25, -0.2) is 0 Å². The molecule has 1 fully saturated rings. The standard InChI is InChI=1S/C20H20BrClF3N7O2/c1-2-14-16(30-7-5-26-6-8-30)17(34)32-19(28-18(21)29-32)31(14)10-15(33)27-13-4-3-11(9-12(13)22)20(23,24)25/h3-4,9,26H,2,5-8,10H2,1H3,(H,27,33). The van der Waals surface area contributed by atoms with Gasteiger partial charge in [-0.3, -0.25) is 9.59 Å². The number of fused-ring (bicyclic) bond motifs is 1. The number of carbonyl (C=O) groups is 1. The Bertz CT molecular complexity index is 1300. The second kappa shape index (κ2) is 9.55. The topological polar surface area (TPSA) is 96.6 Å². The van der Waals surface area contributed by atoms with Gasteiger partial charge in [-0.1, -0.05) is 18.5 Å². The number of nitrogens with zero attached hydrogens (tertiary/aromatic N) is 5. The molecule has 1 saturated heterocycles. The number of benzene rings is 1. The quantitative estimate of drug-likeness (QED) is 0.497. The normalized spacial score (nSPS) is 14.6. The first kappa shape index (κ1) is 24.5. The number of nitrogens with one attached hydrogen (secondary N) is 2. The Labute approximate surface area is 205 Å². The van der Waals surface area contributed by atoms with Gasteiger partial charge in [0.1, 0.15) is 12.2 Å². The van der Waals surface area contributed by atoms with Crippen molar-refractivity contribution in [3.63, 3.8) is 0 Å². The van der Waals surface area contributed by atoms with Crippen molar-refractivity contribution in [1.29, 1.82) is 0 Å². The third-order valence-corrected chi connectivity index (χ3v) is 6.09. The highest BCUT2D eigenvalue weighted by atomic mass is 79.9. The van der Waals surface area contributed by atoms with Crippen molar-refractivity contribution >= 4 is 50.6 Å². The van der Waals surface area contributed by atoms with Crippen molar-refractivity contribution in [1.82, 2.24) is 24.5 Å². The summed E-state index contributed by atoms with van der Waals surface area (Å²) in [5.74, 6) is -0.381. The van der Waals surface area contributed by atoms with Gasteiger partial charge in [0.15, 0.2) is 0 Å². The molecular weight excluding hydrogens is 543 g/mol. The van der Waals surface area contributed by atoms with Crippen molar-refractivity contribution in [3.8, 4) is 0 Å². The molecule has 1 amide bonds. The van der Waals surface area contributed by atoms with Crippen LogP contribution in [0.25, 0.3) is 5.78 Å². The maximum atomic E-state index is 13.3. The van der Waals surface area contributed by atoms with Crippen molar-refractivity contribution in [2.45, 2.75) is 26.1 Å². The van der Waals surface area contributed by atoms with E-state index >= 15 is 0 Å².